The van der Waals surface area contributed by atoms with Gasteiger partial charge in [-0.1, -0.05) is 17.7 Å². The van der Waals surface area contributed by atoms with E-state index in [1.54, 1.807) is 13.2 Å². The van der Waals surface area contributed by atoms with Crippen molar-refractivity contribution in [3.63, 3.8) is 0 Å². The van der Waals surface area contributed by atoms with Crippen LogP contribution in [0.15, 0.2) is 29.8 Å². The summed E-state index contributed by atoms with van der Waals surface area (Å²) in [7, 11) is 1.55. The first kappa shape index (κ1) is 21.2. The lowest BCUT2D eigenvalue weighted by Gasteiger charge is -2.22. The average molecular weight is 416 g/mol. The summed E-state index contributed by atoms with van der Waals surface area (Å²) >= 11 is 0. The van der Waals surface area contributed by atoms with Gasteiger partial charge < -0.3 is 24.6 Å². The lowest BCUT2D eigenvalue weighted by atomic mass is 9.80. The van der Waals surface area contributed by atoms with Gasteiger partial charge in [-0.3, -0.25) is 4.79 Å². The van der Waals surface area contributed by atoms with Gasteiger partial charge >= 0.3 is 5.97 Å². The lowest BCUT2D eigenvalue weighted by molar-refractivity contribution is -0.144. The van der Waals surface area contributed by atoms with Gasteiger partial charge in [0.2, 0.25) is 0 Å². The molecule has 0 radical (unpaired) electrons. The monoisotopic (exact) mass is 415 g/mol. The van der Waals surface area contributed by atoms with Gasteiger partial charge in [-0.15, -0.1) is 0 Å². The van der Waals surface area contributed by atoms with Gasteiger partial charge in [0.25, 0.3) is 0 Å². The molecular weight excluding hydrogens is 382 g/mol. The first-order valence-corrected chi connectivity index (χ1v) is 11.0. The molecule has 6 nitrogen and oxygen atoms in total. The van der Waals surface area contributed by atoms with E-state index in [0.29, 0.717) is 12.3 Å². The number of hydrogen-bond acceptors (Lipinski definition) is 6. The topological polar surface area (TPSA) is 80.3 Å². The van der Waals surface area contributed by atoms with Crippen molar-refractivity contribution in [3.8, 4) is 11.5 Å². The summed E-state index contributed by atoms with van der Waals surface area (Å²) in [4.78, 5) is 12.7. The normalized spacial score (nSPS) is 34.9. The molecule has 6 heteroatoms. The second-order valence-electron chi connectivity index (χ2n) is 9.11. The minimum Gasteiger partial charge on any atom is -0.504 e. The van der Waals surface area contributed by atoms with Gasteiger partial charge in [0.15, 0.2) is 11.5 Å². The first-order valence-electron chi connectivity index (χ1n) is 11.0. The Morgan fingerprint density at radius 3 is 3.00 bits per heavy atom. The molecule has 1 aromatic rings. The third kappa shape index (κ3) is 4.35. The van der Waals surface area contributed by atoms with Crippen LogP contribution < -0.4 is 10.1 Å². The Balaban J connectivity index is 1.36. The number of esters is 1. The molecule has 4 rings (SSSR count). The fourth-order valence-electron chi connectivity index (χ4n) is 4.94. The highest BCUT2D eigenvalue weighted by Crippen LogP contribution is 2.50. The van der Waals surface area contributed by atoms with E-state index in [1.165, 1.54) is 5.57 Å². The molecule has 2 fully saturated rings. The van der Waals surface area contributed by atoms with Crippen LogP contribution in [-0.4, -0.2) is 49.1 Å². The second-order valence-corrected chi connectivity index (χ2v) is 9.11. The molecule has 1 aromatic carbocycles. The van der Waals surface area contributed by atoms with Crippen LogP contribution in [0.3, 0.4) is 0 Å². The summed E-state index contributed by atoms with van der Waals surface area (Å²) in [5.74, 6) is 0.579. The molecule has 5 atom stereocenters. The number of allylic oxidation sites excluding steroid dienone is 2. The van der Waals surface area contributed by atoms with E-state index in [-0.39, 0.29) is 41.4 Å². The zero-order valence-corrected chi connectivity index (χ0v) is 18.1. The zero-order valence-electron chi connectivity index (χ0n) is 18.1. The molecule has 0 saturated carbocycles. The predicted octanol–water partition coefficient (Wildman–Crippen LogP) is 3.37. The number of rotatable bonds is 6. The number of carbonyl (C=O) groups is 1. The minimum atomic E-state index is -0.155. The Morgan fingerprint density at radius 2 is 2.20 bits per heavy atom. The van der Waals surface area contributed by atoms with Gasteiger partial charge in [0.1, 0.15) is 12.2 Å². The van der Waals surface area contributed by atoms with E-state index in [0.717, 1.165) is 44.2 Å². The number of hydrogen-bond donors (Lipinski definition) is 2. The predicted molar refractivity (Wildman–Crippen MR) is 114 cm³/mol. The smallest absolute Gasteiger partial charge is 0.311 e. The van der Waals surface area contributed by atoms with Crippen LogP contribution in [-0.2, 0) is 20.7 Å². The molecular formula is C24H33NO5. The second kappa shape index (κ2) is 8.60. The number of ether oxygens (including phenoxy) is 3. The number of carbonyl (C=O) groups excluding carboxylic acids is 1. The third-order valence-corrected chi connectivity index (χ3v) is 6.94. The molecule has 2 N–H and O–H groups in total. The number of fused-ring (bicyclic) bond motifs is 3. The number of nitrogens with one attached hydrogen (secondary N) is 1. The van der Waals surface area contributed by atoms with Crippen molar-refractivity contribution in [2.75, 3.05) is 20.2 Å². The summed E-state index contributed by atoms with van der Waals surface area (Å²) in [6.45, 7) is 5.68. The molecule has 2 aliphatic heterocycles. The number of phenols is 1. The van der Waals surface area contributed by atoms with Crippen LogP contribution in [0, 0.1) is 11.8 Å². The maximum Gasteiger partial charge on any atom is 0.311 e. The molecule has 0 amide bonds. The summed E-state index contributed by atoms with van der Waals surface area (Å²) in [5, 5.41) is 13.2. The molecule has 0 bridgehead atoms. The summed E-state index contributed by atoms with van der Waals surface area (Å²) in [5.41, 5.74) is 2.31. The maximum atomic E-state index is 12.7. The number of phenolic OH excluding ortho intramolecular Hbond substituents is 1. The molecule has 164 valence electrons. The van der Waals surface area contributed by atoms with Crippen LogP contribution in [0.2, 0.25) is 0 Å². The van der Waals surface area contributed by atoms with Gasteiger partial charge in [-0.25, -0.2) is 0 Å². The van der Waals surface area contributed by atoms with Crippen LogP contribution in [0.5, 0.6) is 11.5 Å². The highest BCUT2D eigenvalue weighted by molar-refractivity contribution is 5.75. The third-order valence-electron chi connectivity index (χ3n) is 6.94. The average Bonchev–Trinajstić information content (AvgIpc) is 3.29. The highest BCUT2D eigenvalue weighted by Gasteiger charge is 2.62. The quantitative estimate of drug-likeness (QED) is 0.321. The summed E-state index contributed by atoms with van der Waals surface area (Å²) in [6.07, 6.45) is 6.99. The standard InChI is InChI=1S/C24H33NO5/c1-15-5-4-11-24(2)22(30-24)21-17(8-6-15)18(23(27)29-21)14-25-12-10-16-7-9-19(26)20(13-16)28-3/h5,7,9,13,17-18,21-22,25-26H,4,6,8,10-12,14H2,1-3H3/b15-5+/t17-,18-,21-,22-,24+/m0/s1. The molecule has 3 aliphatic rings. The fourth-order valence-corrected chi connectivity index (χ4v) is 4.94. The van der Waals surface area contributed by atoms with Crippen molar-refractivity contribution in [1.82, 2.24) is 5.32 Å². The zero-order chi connectivity index (χ0) is 21.3. The van der Waals surface area contributed by atoms with Gasteiger partial charge in [-0.05, 0) is 70.2 Å². The van der Waals surface area contributed by atoms with Gasteiger partial charge in [0.05, 0.1) is 18.6 Å². The maximum absolute atomic E-state index is 12.7. The van der Waals surface area contributed by atoms with Crippen molar-refractivity contribution < 1.29 is 24.1 Å². The van der Waals surface area contributed by atoms with E-state index < -0.39 is 0 Å². The van der Waals surface area contributed by atoms with E-state index >= 15 is 0 Å². The number of epoxide rings is 1. The Morgan fingerprint density at radius 1 is 1.37 bits per heavy atom. The minimum absolute atomic E-state index is 0.0349. The van der Waals surface area contributed by atoms with Crippen molar-refractivity contribution in [2.45, 2.75) is 63.8 Å². The molecule has 0 aromatic heterocycles. The Labute approximate surface area is 178 Å². The van der Waals surface area contributed by atoms with Crippen LogP contribution >= 0.6 is 0 Å². The number of aromatic hydroxyl groups is 1. The summed E-state index contributed by atoms with van der Waals surface area (Å²) in [6, 6.07) is 5.38. The largest absolute Gasteiger partial charge is 0.504 e. The van der Waals surface area contributed by atoms with Crippen molar-refractivity contribution in [3.05, 3.63) is 35.4 Å². The highest BCUT2D eigenvalue weighted by atomic mass is 16.6. The fraction of sp³-hybridized carbons (Fsp3) is 0.625. The first-order chi connectivity index (χ1) is 14.4. The molecule has 0 spiro atoms. The van der Waals surface area contributed by atoms with Crippen LogP contribution in [0.4, 0.5) is 0 Å². The van der Waals surface area contributed by atoms with Crippen LogP contribution in [0.25, 0.3) is 0 Å². The van der Waals surface area contributed by atoms with Gasteiger partial charge in [0, 0.05) is 12.5 Å². The Kier molecular flexibility index (Phi) is 6.07. The van der Waals surface area contributed by atoms with Gasteiger partial charge in [-0.2, -0.15) is 0 Å². The van der Waals surface area contributed by atoms with E-state index in [2.05, 4.69) is 25.2 Å². The van der Waals surface area contributed by atoms with E-state index in [1.807, 2.05) is 12.1 Å². The number of methoxy groups -OCH3 is 1. The molecule has 1 aliphatic carbocycles. The molecule has 2 heterocycles. The Bertz CT molecular complexity index is 822. The Hall–Kier alpha value is -2.05. The molecule has 0 unspecified atom stereocenters. The van der Waals surface area contributed by atoms with Crippen molar-refractivity contribution in [2.24, 2.45) is 11.8 Å². The summed E-state index contributed by atoms with van der Waals surface area (Å²) < 4.78 is 17.1. The van der Waals surface area contributed by atoms with Crippen LogP contribution in [0.1, 0.15) is 45.1 Å². The van der Waals surface area contributed by atoms with Crippen molar-refractivity contribution >= 4 is 5.97 Å². The van der Waals surface area contributed by atoms with Crippen molar-refractivity contribution in [1.29, 1.82) is 0 Å². The molecule has 30 heavy (non-hydrogen) atoms. The number of benzene rings is 1. The molecule has 2 saturated heterocycles. The van der Waals surface area contributed by atoms with E-state index in [4.69, 9.17) is 14.2 Å². The van der Waals surface area contributed by atoms with E-state index in [9.17, 15) is 9.90 Å². The lowest BCUT2D eigenvalue weighted by Crippen LogP contribution is -2.35. The SMILES string of the molecule is COc1cc(CCNC[C@@H]2C(=O)O[C@H]3[C@H]2CC/C(C)=C/CC[C@@]2(C)O[C@@H]32)ccc1O.